The molecule has 2 atom stereocenters. The SMILES string of the molecule is C[C@H]1CCCC[C@@]12NC(=O)N(CC(=O)Nc1ccc(C(C)(C)C)cc1)C2=O. The lowest BCUT2D eigenvalue weighted by atomic mass is 9.73. The van der Waals surface area contributed by atoms with Gasteiger partial charge in [0.15, 0.2) is 0 Å². The summed E-state index contributed by atoms with van der Waals surface area (Å²) in [5, 5.41) is 5.65. The second kappa shape index (κ2) is 6.98. The minimum absolute atomic E-state index is 0.0353. The minimum Gasteiger partial charge on any atom is -0.325 e. The standard InChI is InChI=1S/C21H29N3O3/c1-14-7-5-6-12-21(14)18(26)24(19(27)23-21)13-17(25)22-16-10-8-15(9-11-16)20(2,3)4/h8-11,14H,5-7,12-13H2,1-4H3,(H,22,25)(H,23,27)/t14-,21+/m0/s1. The van der Waals surface area contributed by atoms with E-state index in [1.54, 1.807) is 0 Å². The van der Waals surface area contributed by atoms with Crippen LogP contribution in [-0.4, -0.2) is 34.8 Å². The first kappa shape index (κ1) is 19.4. The Bertz CT molecular complexity index is 751. The van der Waals surface area contributed by atoms with Crippen LogP contribution >= 0.6 is 0 Å². The van der Waals surface area contributed by atoms with Crippen LogP contribution in [0.2, 0.25) is 0 Å². The van der Waals surface area contributed by atoms with Gasteiger partial charge in [0.25, 0.3) is 5.91 Å². The number of nitrogens with one attached hydrogen (secondary N) is 2. The highest BCUT2D eigenvalue weighted by molar-refractivity contribution is 6.10. The lowest BCUT2D eigenvalue weighted by molar-refractivity contribution is -0.136. The van der Waals surface area contributed by atoms with E-state index in [-0.39, 0.29) is 29.7 Å². The van der Waals surface area contributed by atoms with Crippen LogP contribution in [0.15, 0.2) is 24.3 Å². The highest BCUT2D eigenvalue weighted by atomic mass is 16.2. The maximum Gasteiger partial charge on any atom is 0.325 e. The number of benzene rings is 1. The van der Waals surface area contributed by atoms with E-state index in [2.05, 4.69) is 31.4 Å². The molecule has 6 heteroatoms. The number of nitrogens with zero attached hydrogens (tertiary/aromatic N) is 1. The molecule has 1 aromatic rings. The fraction of sp³-hybridized carbons (Fsp3) is 0.571. The minimum atomic E-state index is -0.829. The number of hydrogen-bond acceptors (Lipinski definition) is 3. The van der Waals surface area contributed by atoms with E-state index < -0.39 is 11.6 Å². The Morgan fingerprint density at radius 1 is 1.22 bits per heavy atom. The van der Waals surface area contributed by atoms with Crippen molar-refractivity contribution in [3.05, 3.63) is 29.8 Å². The summed E-state index contributed by atoms with van der Waals surface area (Å²) in [5.41, 5.74) is 1.03. The molecule has 1 aromatic carbocycles. The van der Waals surface area contributed by atoms with Crippen molar-refractivity contribution in [2.24, 2.45) is 5.92 Å². The topological polar surface area (TPSA) is 78.5 Å². The van der Waals surface area contributed by atoms with Crippen LogP contribution in [0.1, 0.15) is 58.9 Å². The Labute approximate surface area is 160 Å². The Kier molecular flexibility index (Phi) is 5.02. The predicted octanol–water partition coefficient (Wildman–Crippen LogP) is 3.42. The lowest BCUT2D eigenvalue weighted by Crippen LogP contribution is -2.54. The van der Waals surface area contributed by atoms with Crippen molar-refractivity contribution in [2.75, 3.05) is 11.9 Å². The first-order chi connectivity index (χ1) is 12.6. The molecule has 1 saturated carbocycles. The fourth-order valence-corrected chi connectivity index (χ4v) is 4.04. The van der Waals surface area contributed by atoms with Crippen LogP contribution in [0.4, 0.5) is 10.5 Å². The quantitative estimate of drug-likeness (QED) is 0.799. The molecule has 1 spiro atoms. The third kappa shape index (κ3) is 3.70. The second-order valence-electron chi connectivity index (χ2n) is 8.82. The van der Waals surface area contributed by atoms with E-state index in [1.165, 1.54) is 5.56 Å². The van der Waals surface area contributed by atoms with Gasteiger partial charge in [-0.15, -0.1) is 0 Å². The molecule has 0 bridgehead atoms. The average molecular weight is 371 g/mol. The number of imide groups is 1. The highest BCUT2D eigenvalue weighted by Crippen LogP contribution is 2.38. The Morgan fingerprint density at radius 3 is 2.48 bits per heavy atom. The molecule has 4 amide bonds. The zero-order valence-electron chi connectivity index (χ0n) is 16.6. The van der Waals surface area contributed by atoms with Crippen molar-refractivity contribution >= 4 is 23.5 Å². The number of carbonyl (C=O) groups excluding carboxylic acids is 3. The Morgan fingerprint density at radius 2 is 1.89 bits per heavy atom. The van der Waals surface area contributed by atoms with Crippen LogP contribution in [0, 0.1) is 5.92 Å². The monoisotopic (exact) mass is 371 g/mol. The summed E-state index contributed by atoms with van der Waals surface area (Å²) >= 11 is 0. The molecule has 1 saturated heterocycles. The molecular weight excluding hydrogens is 342 g/mol. The molecule has 0 radical (unpaired) electrons. The zero-order chi connectivity index (χ0) is 19.8. The van der Waals surface area contributed by atoms with Crippen LogP contribution in [0.25, 0.3) is 0 Å². The van der Waals surface area contributed by atoms with Gasteiger partial charge in [-0.25, -0.2) is 4.79 Å². The number of carbonyl (C=O) groups is 3. The molecule has 1 aliphatic heterocycles. The van der Waals surface area contributed by atoms with Crippen molar-refractivity contribution in [1.82, 2.24) is 10.2 Å². The highest BCUT2D eigenvalue weighted by Gasteiger charge is 2.55. The molecule has 6 nitrogen and oxygen atoms in total. The van der Waals surface area contributed by atoms with Gasteiger partial charge in [0, 0.05) is 5.69 Å². The van der Waals surface area contributed by atoms with Crippen molar-refractivity contribution in [1.29, 1.82) is 0 Å². The smallest absolute Gasteiger partial charge is 0.325 e. The molecular formula is C21H29N3O3. The molecule has 2 N–H and O–H groups in total. The van der Waals surface area contributed by atoms with Crippen molar-refractivity contribution in [3.63, 3.8) is 0 Å². The molecule has 2 aliphatic rings. The van der Waals surface area contributed by atoms with E-state index in [9.17, 15) is 14.4 Å². The van der Waals surface area contributed by atoms with Crippen LogP contribution in [-0.2, 0) is 15.0 Å². The molecule has 0 unspecified atom stereocenters. The molecule has 0 aromatic heterocycles. The van der Waals surface area contributed by atoms with E-state index in [1.807, 2.05) is 31.2 Å². The first-order valence-electron chi connectivity index (χ1n) is 9.68. The molecule has 3 rings (SSSR count). The predicted molar refractivity (Wildman–Crippen MR) is 104 cm³/mol. The van der Waals surface area contributed by atoms with Gasteiger partial charge < -0.3 is 10.6 Å². The van der Waals surface area contributed by atoms with Gasteiger partial charge in [-0.1, -0.05) is 52.7 Å². The summed E-state index contributed by atoms with van der Waals surface area (Å²) in [6, 6.07) is 7.17. The molecule has 146 valence electrons. The maximum atomic E-state index is 12.9. The number of hydrogen-bond donors (Lipinski definition) is 2. The van der Waals surface area contributed by atoms with Crippen molar-refractivity contribution in [2.45, 2.75) is 64.3 Å². The number of urea groups is 1. The lowest BCUT2D eigenvalue weighted by Gasteiger charge is -2.36. The van der Waals surface area contributed by atoms with Gasteiger partial charge in [-0.2, -0.15) is 0 Å². The van der Waals surface area contributed by atoms with Gasteiger partial charge in [0.1, 0.15) is 12.1 Å². The zero-order valence-corrected chi connectivity index (χ0v) is 16.6. The van der Waals surface area contributed by atoms with E-state index >= 15 is 0 Å². The van der Waals surface area contributed by atoms with Gasteiger partial charge >= 0.3 is 6.03 Å². The number of amides is 4. The number of anilines is 1. The van der Waals surface area contributed by atoms with Crippen LogP contribution < -0.4 is 10.6 Å². The second-order valence-corrected chi connectivity index (χ2v) is 8.82. The summed E-state index contributed by atoms with van der Waals surface area (Å²) in [5.74, 6) is -0.554. The van der Waals surface area contributed by atoms with Crippen LogP contribution in [0.5, 0.6) is 0 Å². The summed E-state index contributed by atoms with van der Waals surface area (Å²) in [6.07, 6.45) is 3.53. The van der Waals surface area contributed by atoms with Gasteiger partial charge in [-0.05, 0) is 41.9 Å². The Balaban J connectivity index is 1.65. The molecule has 1 heterocycles. The van der Waals surface area contributed by atoms with Gasteiger partial charge in [0.05, 0.1) is 0 Å². The van der Waals surface area contributed by atoms with Crippen molar-refractivity contribution in [3.8, 4) is 0 Å². The summed E-state index contributed by atoms with van der Waals surface area (Å²) in [6.45, 7) is 8.11. The van der Waals surface area contributed by atoms with E-state index in [0.29, 0.717) is 12.1 Å². The normalized spacial score (nSPS) is 25.6. The molecule has 27 heavy (non-hydrogen) atoms. The Hall–Kier alpha value is -2.37. The molecule has 2 fully saturated rings. The largest absolute Gasteiger partial charge is 0.325 e. The van der Waals surface area contributed by atoms with Gasteiger partial charge in [0.2, 0.25) is 5.91 Å². The van der Waals surface area contributed by atoms with E-state index in [4.69, 9.17) is 0 Å². The summed E-state index contributed by atoms with van der Waals surface area (Å²) in [4.78, 5) is 38.7. The summed E-state index contributed by atoms with van der Waals surface area (Å²) in [7, 11) is 0. The van der Waals surface area contributed by atoms with Crippen molar-refractivity contribution < 1.29 is 14.4 Å². The first-order valence-corrected chi connectivity index (χ1v) is 9.68. The third-order valence-electron chi connectivity index (χ3n) is 5.84. The average Bonchev–Trinajstić information content (AvgIpc) is 2.82. The van der Waals surface area contributed by atoms with Crippen LogP contribution in [0.3, 0.4) is 0 Å². The molecule has 1 aliphatic carbocycles. The number of rotatable bonds is 3. The fourth-order valence-electron chi connectivity index (χ4n) is 4.04. The maximum absolute atomic E-state index is 12.9. The third-order valence-corrected chi connectivity index (χ3v) is 5.84. The van der Waals surface area contributed by atoms with E-state index in [0.717, 1.165) is 24.2 Å². The summed E-state index contributed by atoms with van der Waals surface area (Å²) < 4.78 is 0. The van der Waals surface area contributed by atoms with Gasteiger partial charge in [-0.3, -0.25) is 14.5 Å².